The van der Waals surface area contributed by atoms with E-state index in [-0.39, 0.29) is 11.7 Å². The van der Waals surface area contributed by atoms with Crippen molar-refractivity contribution in [1.29, 1.82) is 0 Å². The van der Waals surface area contributed by atoms with Gasteiger partial charge >= 0.3 is 0 Å². The highest BCUT2D eigenvalue weighted by molar-refractivity contribution is 6.05. The van der Waals surface area contributed by atoms with Gasteiger partial charge < -0.3 is 5.32 Å². The van der Waals surface area contributed by atoms with Gasteiger partial charge in [0.25, 0.3) is 5.91 Å². The smallest absolute Gasteiger partial charge is 0.255 e. The standard InChI is InChI=1S/C21H17NO2/c1-15(23)19-8-5-9-20(14-19)22-21(24)18-12-10-17(11-13-18)16-6-3-2-4-7-16/h2-14H,1H3,(H,22,24). The first-order valence-electron chi connectivity index (χ1n) is 7.71. The van der Waals surface area contributed by atoms with Crippen LogP contribution in [0.5, 0.6) is 0 Å². The largest absolute Gasteiger partial charge is 0.322 e. The molecule has 0 radical (unpaired) electrons. The second kappa shape index (κ2) is 6.92. The zero-order chi connectivity index (χ0) is 16.9. The van der Waals surface area contributed by atoms with Gasteiger partial charge in [-0.05, 0) is 42.3 Å². The average Bonchev–Trinajstić information content (AvgIpc) is 2.63. The SMILES string of the molecule is CC(=O)c1cccc(NC(=O)c2ccc(-c3ccccc3)cc2)c1. The molecule has 0 spiro atoms. The Hall–Kier alpha value is -3.20. The van der Waals surface area contributed by atoms with Crippen molar-refractivity contribution in [2.24, 2.45) is 0 Å². The van der Waals surface area contributed by atoms with Gasteiger partial charge in [0.1, 0.15) is 0 Å². The summed E-state index contributed by atoms with van der Waals surface area (Å²) < 4.78 is 0. The fourth-order valence-electron chi connectivity index (χ4n) is 2.46. The minimum atomic E-state index is -0.199. The minimum Gasteiger partial charge on any atom is -0.322 e. The van der Waals surface area contributed by atoms with Gasteiger partial charge in [0.2, 0.25) is 0 Å². The van der Waals surface area contributed by atoms with Crippen LogP contribution in [0.4, 0.5) is 5.69 Å². The fourth-order valence-corrected chi connectivity index (χ4v) is 2.46. The number of nitrogens with one attached hydrogen (secondary N) is 1. The van der Waals surface area contributed by atoms with E-state index in [4.69, 9.17) is 0 Å². The lowest BCUT2D eigenvalue weighted by Gasteiger charge is -2.07. The van der Waals surface area contributed by atoms with Crippen molar-refractivity contribution in [2.75, 3.05) is 5.32 Å². The summed E-state index contributed by atoms with van der Waals surface area (Å²) in [6, 6.07) is 24.4. The molecular formula is C21H17NO2. The van der Waals surface area contributed by atoms with E-state index < -0.39 is 0 Å². The van der Waals surface area contributed by atoms with Crippen LogP contribution < -0.4 is 5.32 Å². The highest BCUT2D eigenvalue weighted by Crippen LogP contribution is 2.20. The first-order chi connectivity index (χ1) is 11.6. The van der Waals surface area contributed by atoms with Crippen LogP contribution in [0.25, 0.3) is 11.1 Å². The Bertz CT molecular complexity index is 868. The quantitative estimate of drug-likeness (QED) is 0.702. The molecule has 3 heteroatoms. The van der Waals surface area contributed by atoms with Crippen molar-refractivity contribution in [2.45, 2.75) is 6.92 Å². The Morgan fingerprint density at radius 1 is 0.708 bits per heavy atom. The highest BCUT2D eigenvalue weighted by Gasteiger charge is 2.08. The van der Waals surface area contributed by atoms with E-state index in [0.717, 1.165) is 11.1 Å². The lowest BCUT2D eigenvalue weighted by atomic mass is 10.0. The number of anilines is 1. The number of ketones is 1. The second-order valence-corrected chi connectivity index (χ2v) is 5.53. The summed E-state index contributed by atoms with van der Waals surface area (Å²) in [6.45, 7) is 1.50. The summed E-state index contributed by atoms with van der Waals surface area (Å²) in [5.74, 6) is -0.228. The summed E-state index contributed by atoms with van der Waals surface area (Å²) in [5.41, 5.74) is 3.93. The summed E-state index contributed by atoms with van der Waals surface area (Å²) >= 11 is 0. The van der Waals surface area contributed by atoms with E-state index >= 15 is 0 Å². The van der Waals surface area contributed by atoms with Gasteiger partial charge in [-0.3, -0.25) is 9.59 Å². The van der Waals surface area contributed by atoms with Crippen molar-refractivity contribution >= 4 is 17.4 Å². The van der Waals surface area contributed by atoms with Crippen LogP contribution in [0.3, 0.4) is 0 Å². The molecule has 1 N–H and O–H groups in total. The van der Waals surface area contributed by atoms with E-state index in [2.05, 4.69) is 5.32 Å². The Morgan fingerprint density at radius 3 is 2.04 bits per heavy atom. The van der Waals surface area contributed by atoms with Crippen LogP contribution >= 0.6 is 0 Å². The van der Waals surface area contributed by atoms with Gasteiger partial charge in [-0.2, -0.15) is 0 Å². The Balaban J connectivity index is 1.76. The molecule has 1 amide bonds. The molecule has 3 rings (SSSR count). The number of hydrogen-bond acceptors (Lipinski definition) is 2. The van der Waals surface area contributed by atoms with Gasteiger partial charge in [0, 0.05) is 16.8 Å². The summed E-state index contributed by atoms with van der Waals surface area (Å²) in [5, 5.41) is 2.82. The molecule has 0 fully saturated rings. The van der Waals surface area contributed by atoms with Crippen LogP contribution in [-0.2, 0) is 0 Å². The third kappa shape index (κ3) is 3.58. The maximum atomic E-state index is 12.3. The van der Waals surface area contributed by atoms with Crippen LogP contribution in [0, 0.1) is 0 Å². The van der Waals surface area contributed by atoms with Crippen LogP contribution in [0.2, 0.25) is 0 Å². The number of carbonyl (C=O) groups excluding carboxylic acids is 2. The predicted molar refractivity (Wildman–Crippen MR) is 96.3 cm³/mol. The molecule has 0 heterocycles. The van der Waals surface area contributed by atoms with E-state index in [1.165, 1.54) is 6.92 Å². The van der Waals surface area contributed by atoms with Gasteiger partial charge in [-0.1, -0.05) is 54.6 Å². The highest BCUT2D eigenvalue weighted by atomic mass is 16.1. The molecule has 0 unspecified atom stereocenters. The van der Waals surface area contributed by atoms with Crippen LogP contribution in [-0.4, -0.2) is 11.7 Å². The average molecular weight is 315 g/mol. The van der Waals surface area contributed by atoms with E-state index in [1.807, 2.05) is 42.5 Å². The van der Waals surface area contributed by atoms with E-state index in [9.17, 15) is 9.59 Å². The monoisotopic (exact) mass is 315 g/mol. The summed E-state index contributed by atoms with van der Waals surface area (Å²) in [7, 11) is 0. The van der Waals surface area contributed by atoms with E-state index in [1.54, 1.807) is 36.4 Å². The number of Topliss-reactive ketones (excluding diaryl/α,β-unsaturated/α-hetero) is 1. The Kier molecular flexibility index (Phi) is 4.52. The van der Waals surface area contributed by atoms with Crippen molar-refractivity contribution < 1.29 is 9.59 Å². The topological polar surface area (TPSA) is 46.2 Å². The second-order valence-electron chi connectivity index (χ2n) is 5.53. The lowest BCUT2D eigenvalue weighted by Crippen LogP contribution is -2.12. The van der Waals surface area contributed by atoms with Gasteiger partial charge in [0.05, 0.1) is 0 Å². The number of amides is 1. The van der Waals surface area contributed by atoms with Crippen LogP contribution in [0.1, 0.15) is 27.6 Å². The molecule has 0 aliphatic rings. The van der Waals surface area contributed by atoms with Crippen molar-refractivity contribution in [3.63, 3.8) is 0 Å². The Morgan fingerprint density at radius 2 is 1.38 bits per heavy atom. The molecule has 3 nitrogen and oxygen atoms in total. The molecule has 0 atom stereocenters. The number of hydrogen-bond donors (Lipinski definition) is 1. The molecule has 0 aromatic heterocycles. The molecule has 0 aliphatic carbocycles. The molecule has 0 bridgehead atoms. The van der Waals surface area contributed by atoms with Crippen molar-refractivity contribution in [3.05, 3.63) is 90.0 Å². The van der Waals surface area contributed by atoms with Gasteiger partial charge in [-0.25, -0.2) is 0 Å². The number of benzene rings is 3. The third-order valence-corrected chi connectivity index (χ3v) is 3.78. The molecule has 3 aromatic rings. The van der Waals surface area contributed by atoms with Crippen LogP contribution in [0.15, 0.2) is 78.9 Å². The first kappa shape index (κ1) is 15.7. The Labute approximate surface area is 141 Å². The van der Waals surface area contributed by atoms with Crippen molar-refractivity contribution in [1.82, 2.24) is 0 Å². The first-order valence-corrected chi connectivity index (χ1v) is 7.71. The zero-order valence-electron chi connectivity index (χ0n) is 13.3. The number of carbonyl (C=O) groups is 2. The third-order valence-electron chi connectivity index (χ3n) is 3.78. The van der Waals surface area contributed by atoms with Gasteiger partial charge in [-0.15, -0.1) is 0 Å². The fraction of sp³-hybridized carbons (Fsp3) is 0.0476. The molecule has 118 valence electrons. The molecule has 0 saturated heterocycles. The summed E-state index contributed by atoms with van der Waals surface area (Å²) in [6.07, 6.45) is 0. The normalized spacial score (nSPS) is 10.2. The molecular weight excluding hydrogens is 298 g/mol. The van der Waals surface area contributed by atoms with Crippen molar-refractivity contribution in [3.8, 4) is 11.1 Å². The molecule has 3 aromatic carbocycles. The maximum absolute atomic E-state index is 12.3. The number of rotatable bonds is 4. The lowest BCUT2D eigenvalue weighted by molar-refractivity contribution is 0.101. The maximum Gasteiger partial charge on any atom is 0.255 e. The van der Waals surface area contributed by atoms with E-state index in [0.29, 0.717) is 16.8 Å². The molecule has 0 aliphatic heterocycles. The predicted octanol–water partition coefficient (Wildman–Crippen LogP) is 4.81. The zero-order valence-corrected chi connectivity index (χ0v) is 13.3. The minimum absolute atomic E-state index is 0.0293. The molecule has 0 saturated carbocycles. The summed E-state index contributed by atoms with van der Waals surface area (Å²) in [4.78, 5) is 23.8. The molecule has 24 heavy (non-hydrogen) atoms. The van der Waals surface area contributed by atoms with Gasteiger partial charge in [0.15, 0.2) is 5.78 Å².